The SMILES string of the molecule is COCC(O)CCNc1nc(Cl)nc(OC)n1. The Hall–Kier alpha value is -1.18. The number of methoxy groups -OCH3 is 2. The largest absolute Gasteiger partial charge is 0.467 e. The van der Waals surface area contributed by atoms with E-state index in [1.54, 1.807) is 0 Å². The minimum absolute atomic E-state index is 0.0526. The van der Waals surface area contributed by atoms with Crippen molar-refractivity contribution < 1.29 is 14.6 Å². The molecule has 7 nitrogen and oxygen atoms in total. The third-order valence-corrected chi connectivity index (χ3v) is 2.06. The topological polar surface area (TPSA) is 89.4 Å². The molecule has 0 aliphatic heterocycles. The van der Waals surface area contributed by atoms with Crippen LogP contribution in [0.2, 0.25) is 5.28 Å². The Kier molecular flexibility index (Phi) is 5.88. The number of ether oxygens (including phenoxy) is 2. The highest BCUT2D eigenvalue weighted by Crippen LogP contribution is 2.10. The van der Waals surface area contributed by atoms with Crippen LogP contribution in [0.5, 0.6) is 6.01 Å². The molecule has 0 amide bonds. The van der Waals surface area contributed by atoms with Gasteiger partial charge in [0.1, 0.15) is 0 Å². The van der Waals surface area contributed by atoms with Crippen molar-refractivity contribution in [2.45, 2.75) is 12.5 Å². The number of halogens is 1. The molecule has 0 aliphatic carbocycles. The summed E-state index contributed by atoms with van der Waals surface area (Å²) < 4.78 is 9.65. The predicted octanol–water partition coefficient (Wildman–Crippen LogP) is 0.343. The first-order valence-corrected chi connectivity index (χ1v) is 5.40. The predicted molar refractivity (Wildman–Crippen MR) is 62.4 cm³/mol. The number of nitrogens with one attached hydrogen (secondary N) is 1. The van der Waals surface area contributed by atoms with Gasteiger partial charge in [0.15, 0.2) is 0 Å². The van der Waals surface area contributed by atoms with Crippen molar-refractivity contribution in [3.8, 4) is 6.01 Å². The van der Waals surface area contributed by atoms with Crippen LogP contribution in [0.1, 0.15) is 6.42 Å². The molecule has 0 aliphatic rings. The Bertz CT molecular complexity index is 353. The molecular weight excluding hydrogens is 248 g/mol. The van der Waals surface area contributed by atoms with Gasteiger partial charge < -0.3 is 19.9 Å². The van der Waals surface area contributed by atoms with Gasteiger partial charge in [-0.25, -0.2) is 0 Å². The molecule has 2 N–H and O–H groups in total. The average molecular weight is 263 g/mol. The lowest BCUT2D eigenvalue weighted by molar-refractivity contribution is 0.0615. The van der Waals surface area contributed by atoms with Gasteiger partial charge in [-0.1, -0.05) is 0 Å². The molecule has 1 rings (SSSR count). The van der Waals surface area contributed by atoms with E-state index in [4.69, 9.17) is 21.1 Å². The number of hydrogen-bond acceptors (Lipinski definition) is 7. The second-order valence-corrected chi connectivity index (χ2v) is 3.58. The lowest BCUT2D eigenvalue weighted by Gasteiger charge is -2.10. The molecule has 8 heteroatoms. The Morgan fingerprint density at radius 3 is 2.76 bits per heavy atom. The van der Waals surface area contributed by atoms with E-state index >= 15 is 0 Å². The number of anilines is 1. The molecule has 0 bridgehead atoms. The van der Waals surface area contributed by atoms with E-state index in [0.29, 0.717) is 25.5 Å². The van der Waals surface area contributed by atoms with Crippen LogP contribution in [0.15, 0.2) is 0 Å². The molecule has 1 aromatic rings. The van der Waals surface area contributed by atoms with E-state index in [0.717, 1.165) is 0 Å². The van der Waals surface area contributed by atoms with Crippen molar-refractivity contribution >= 4 is 17.5 Å². The van der Waals surface area contributed by atoms with Crippen molar-refractivity contribution in [1.82, 2.24) is 15.0 Å². The second-order valence-electron chi connectivity index (χ2n) is 3.24. The second kappa shape index (κ2) is 7.21. The smallest absolute Gasteiger partial charge is 0.322 e. The monoisotopic (exact) mass is 262 g/mol. The van der Waals surface area contributed by atoms with Gasteiger partial charge in [0, 0.05) is 13.7 Å². The molecule has 1 atom stereocenters. The molecule has 0 aromatic carbocycles. The highest BCUT2D eigenvalue weighted by molar-refractivity contribution is 6.28. The summed E-state index contributed by atoms with van der Waals surface area (Å²) in [5.41, 5.74) is 0. The maximum atomic E-state index is 9.41. The van der Waals surface area contributed by atoms with E-state index in [2.05, 4.69) is 20.3 Å². The fraction of sp³-hybridized carbons (Fsp3) is 0.667. The Labute approximate surface area is 104 Å². The lowest BCUT2D eigenvalue weighted by atomic mass is 10.3. The van der Waals surface area contributed by atoms with Crippen LogP contribution in [-0.4, -0.2) is 53.5 Å². The zero-order valence-electron chi connectivity index (χ0n) is 9.68. The van der Waals surface area contributed by atoms with Crippen LogP contribution < -0.4 is 10.1 Å². The number of hydrogen-bond donors (Lipinski definition) is 2. The van der Waals surface area contributed by atoms with Crippen LogP contribution in [0.25, 0.3) is 0 Å². The Morgan fingerprint density at radius 1 is 1.35 bits per heavy atom. The normalized spacial score (nSPS) is 12.2. The van der Waals surface area contributed by atoms with Crippen molar-refractivity contribution in [3.05, 3.63) is 5.28 Å². The highest BCUT2D eigenvalue weighted by Gasteiger charge is 2.06. The first-order chi connectivity index (χ1) is 8.15. The fourth-order valence-corrected chi connectivity index (χ4v) is 1.28. The number of aliphatic hydroxyl groups is 1. The summed E-state index contributed by atoms with van der Waals surface area (Å²) >= 11 is 5.67. The third kappa shape index (κ3) is 5.12. The van der Waals surface area contributed by atoms with Gasteiger partial charge in [-0.2, -0.15) is 15.0 Å². The van der Waals surface area contributed by atoms with E-state index < -0.39 is 6.10 Å². The summed E-state index contributed by atoms with van der Waals surface area (Å²) in [5, 5.41) is 12.4. The van der Waals surface area contributed by atoms with Gasteiger partial charge >= 0.3 is 6.01 Å². The zero-order valence-corrected chi connectivity index (χ0v) is 10.4. The molecule has 0 fully saturated rings. The molecule has 0 saturated heterocycles. The molecule has 0 radical (unpaired) electrons. The quantitative estimate of drug-likeness (QED) is 0.732. The minimum atomic E-state index is -0.522. The fourth-order valence-electron chi connectivity index (χ4n) is 1.13. The Morgan fingerprint density at radius 2 is 2.12 bits per heavy atom. The van der Waals surface area contributed by atoms with E-state index in [1.807, 2.05) is 0 Å². The summed E-state index contributed by atoms with van der Waals surface area (Å²) in [4.78, 5) is 11.5. The van der Waals surface area contributed by atoms with E-state index in [1.165, 1.54) is 14.2 Å². The number of nitrogens with zero attached hydrogens (tertiary/aromatic N) is 3. The summed E-state index contributed by atoms with van der Waals surface area (Å²) in [6.07, 6.45) is -0.00822. The van der Waals surface area contributed by atoms with Crippen LogP contribution >= 0.6 is 11.6 Å². The van der Waals surface area contributed by atoms with Gasteiger partial charge in [0.25, 0.3) is 0 Å². The first kappa shape index (κ1) is 13.9. The van der Waals surface area contributed by atoms with Crippen molar-refractivity contribution in [1.29, 1.82) is 0 Å². The van der Waals surface area contributed by atoms with E-state index in [-0.39, 0.29) is 11.3 Å². The molecule has 96 valence electrons. The summed E-state index contributed by atoms with van der Waals surface area (Å²) in [5.74, 6) is 0.312. The van der Waals surface area contributed by atoms with Crippen molar-refractivity contribution in [2.75, 3.05) is 32.7 Å². The minimum Gasteiger partial charge on any atom is -0.467 e. The van der Waals surface area contributed by atoms with Crippen LogP contribution in [0.4, 0.5) is 5.95 Å². The maximum Gasteiger partial charge on any atom is 0.322 e. The van der Waals surface area contributed by atoms with Crippen molar-refractivity contribution in [3.63, 3.8) is 0 Å². The molecular formula is C9H15ClN4O3. The van der Waals surface area contributed by atoms with Crippen LogP contribution in [0, 0.1) is 0 Å². The van der Waals surface area contributed by atoms with Gasteiger partial charge in [0.2, 0.25) is 11.2 Å². The average Bonchev–Trinajstić information content (AvgIpc) is 2.28. The van der Waals surface area contributed by atoms with Gasteiger partial charge in [-0.05, 0) is 18.0 Å². The summed E-state index contributed by atoms with van der Waals surface area (Å²) in [6, 6.07) is 0.143. The van der Waals surface area contributed by atoms with Gasteiger partial charge in [-0.3, -0.25) is 0 Å². The number of aliphatic hydroxyl groups excluding tert-OH is 1. The standard InChI is InChI=1S/C9H15ClN4O3/c1-16-5-6(15)3-4-11-8-12-7(10)13-9(14-8)17-2/h6,15H,3-5H2,1-2H3,(H,11,12,13,14). The van der Waals surface area contributed by atoms with Crippen LogP contribution in [-0.2, 0) is 4.74 Å². The molecule has 1 heterocycles. The van der Waals surface area contributed by atoms with Crippen LogP contribution in [0.3, 0.4) is 0 Å². The zero-order chi connectivity index (χ0) is 12.7. The van der Waals surface area contributed by atoms with E-state index in [9.17, 15) is 5.11 Å². The molecule has 1 aromatic heterocycles. The maximum absolute atomic E-state index is 9.41. The third-order valence-electron chi connectivity index (χ3n) is 1.89. The summed E-state index contributed by atoms with van der Waals surface area (Å²) in [7, 11) is 2.98. The molecule has 17 heavy (non-hydrogen) atoms. The molecule has 0 spiro atoms. The molecule has 0 saturated carbocycles. The number of aromatic nitrogens is 3. The lowest BCUT2D eigenvalue weighted by Crippen LogP contribution is -2.19. The first-order valence-electron chi connectivity index (χ1n) is 5.02. The highest BCUT2D eigenvalue weighted by atomic mass is 35.5. The number of rotatable bonds is 7. The van der Waals surface area contributed by atoms with Gasteiger partial charge in [0.05, 0.1) is 19.8 Å². The summed E-state index contributed by atoms with van der Waals surface area (Å²) in [6.45, 7) is 0.789. The van der Waals surface area contributed by atoms with Crippen molar-refractivity contribution in [2.24, 2.45) is 0 Å². The Balaban J connectivity index is 2.43. The molecule has 1 unspecified atom stereocenters. The van der Waals surface area contributed by atoms with Gasteiger partial charge in [-0.15, -0.1) is 0 Å².